The van der Waals surface area contributed by atoms with E-state index in [0.29, 0.717) is 31.7 Å². The van der Waals surface area contributed by atoms with Gasteiger partial charge in [0.1, 0.15) is 12.2 Å². The number of nitrogens with zero attached hydrogens (tertiary/aromatic N) is 4. The molecule has 8 nitrogen and oxygen atoms in total. The summed E-state index contributed by atoms with van der Waals surface area (Å²) in [6, 6.07) is 29.3. The van der Waals surface area contributed by atoms with Crippen LogP contribution in [0.5, 0.6) is 0 Å². The molecule has 2 fully saturated rings. The Morgan fingerprint density at radius 1 is 0.977 bits per heavy atom. The molecular weight excluding hydrogens is 570 g/mol. The molecule has 4 amide bonds. The van der Waals surface area contributed by atoms with Crippen molar-refractivity contribution in [3.8, 4) is 12.3 Å². The number of rotatable bonds is 11. The second-order valence-corrected chi connectivity index (χ2v) is 12.0. The second kappa shape index (κ2) is 15.0. The van der Waals surface area contributed by atoms with Crippen LogP contribution in [0.1, 0.15) is 35.4 Å². The number of terminal acetylenes is 1. The van der Waals surface area contributed by atoms with Crippen molar-refractivity contribution in [1.82, 2.24) is 25.1 Å². The van der Waals surface area contributed by atoms with Gasteiger partial charge in [-0.25, -0.2) is 9.80 Å². The molecule has 0 bridgehead atoms. The van der Waals surface area contributed by atoms with Gasteiger partial charge in [-0.2, -0.15) is 16.8 Å². The third-order valence-corrected chi connectivity index (χ3v) is 8.93. The highest BCUT2D eigenvalue weighted by Gasteiger charge is 2.51. The van der Waals surface area contributed by atoms with Crippen molar-refractivity contribution < 1.29 is 14.4 Å². The molecular formula is C35H39N5O3S. The van der Waals surface area contributed by atoms with Gasteiger partial charge in [0, 0.05) is 19.0 Å². The number of hydrazine groups is 1. The molecule has 3 aromatic rings. The first kappa shape index (κ1) is 31.2. The predicted molar refractivity (Wildman–Crippen MR) is 174 cm³/mol. The topological polar surface area (TPSA) is 76.2 Å². The summed E-state index contributed by atoms with van der Waals surface area (Å²) >= 11 is 1.63. The number of fused-ring (bicyclic) bond motifs is 1. The van der Waals surface area contributed by atoms with Gasteiger partial charge in [0.15, 0.2) is 0 Å². The summed E-state index contributed by atoms with van der Waals surface area (Å²) in [6.07, 6.45) is 8.22. The smallest absolute Gasteiger partial charge is 0.334 e. The van der Waals surface area contributed by atoms with Crippen molar-refractivity contribution in [2.75, 3.05) is 38.2 Å². The number of carbonyl (C=O) groups is 3. The van der Waals surface area contributed by atoms with Gasteiger partial charge in [-0.1, -0.05) is 96.9 Å². The summed E-state index contributed by atoms with van der Waals surface area (Å²) < 4.78 is 0. The number of thioether (sulfide) groups is 1. The average molecular weight is 610 g/mol. The van der Waals surface area contributed by atoms with E-state index in [-0.39, 0.29) is 43.4 Å². The predicted octanol–water partition coefficient (Wildman–Crippen LogP) is 4.40. The average Bonchev–Trinajstić information content (AvgIpc) is 3.05. The number of urea groups is 1. The van der Waals surface area contributed by atoms with Crippen LogP contribution in [0.4, 0.5) is 4.79 Å². The van der Waals surface area contributed by atoms with E-state index < -0.39 is 12.2 Å². The molecule has 2 atom stereocenters. The van der Waals surface area contributed by atoms with E-state index in [1.807, 2.05) is 77.9 Å². The molecule has 0 aromatic heterocycles. The van der Waals surface area contributed by atoms with Crippen molar-refractivity contribution in [3.63, 3.8) is 0 Å². The normalized spacial score (nSPS) is 18.7. The fourth-order valence-electron chi connectivity index (χ4n) is 6.18. The van der Waals surface area contributed by atoms with Gasteiger partial charge >= 0.3 is 6.03 Å². The summed E-state index contributed by atoms with van der Waals surface area (Å²) in [5, 5.41) is 6.21. The Labute approximate surface area is 264 Å². The zero-order chi connectivity index (χ0) is 30.9. The molecule has 2 aliphatic rings. The Kier molecular flexibility index (Phi) is 10.6. The number of amides is 4. The van der Waals surface area contributed by atoms with E-state index >= 15 is 0 Å². The van der Waals surface area contributed by atoms with Crippen molar-refractivity contribution in [3.05, 3.63) is 108 Å². The van der Waals surface area contributed by atoms with Gasteiger partial charge in [0.05, 0.1) is 19.6 Å². The van der Waals surface area contributed by atoms with E-state index in [0.717, 1.165) is 5.56 Å². The van der Waals surface area contributed by atoms with Gasteiger partial charge in [-0.05, 0) is 41.5 Å². The third-order valence-electron chi connectivity index (χ3n) is 8.29. The first-order valence-electron chi connectivity index (χ1n) is 15.0. The minimum atomic E-state index is -0.670. The second-order valence-electron chi connectivity index (χ2n) is 11.0. The van der Waals surface area contributed by atoms with Gasteiger partial charge in [0.25, 0.3) is 0 Å². The lowest BCUT2D eigenvalue weighted by Gasteiger charge is -2.55. The first-order chi connectivity index (χ1) is 21.5. The van der Waals surface area contributed by atoms with Crippen molar-refractivity contribution >= 4 is 29.6 Å². The molecule has 9 heteroatoms. The number of hydrogen-bond donors (Lipinski definition) is 1. The van der Waals surface area contributed by atoms with Crippen LogP contribution in [-0.4, -0.2) is 88.1 Å². The molecule has 2 saturated heterocycles. The number of piperazine rings is 1. The number of carbonyl (C=O) groups excluding carboxylic acids is 3. The zero-order valence-corrected chi connectivity index (χ0v) is 25.9. The summed E-state index contributed by atoms with van der Waals surface area (Å²) in [7, 11) is 0. The van der Waals surface area contributed by atoms with Crippen molar-refractivity contribution in [2.24, 2.45) is 0 Å². The molecule has 0 radical (unpaired) electrons. The van der Waals surface area contributed by atoms with Crippen LogP contribution >= 0.6 is 11.8 Å². The van der Waals surface area contributed by atoms with Gasteiger partial charge in [-0.15, -0.1) is 6.42 Å². The first-order valence-corrected chi connectivity index (χ1v) is 16.4. The lowest BCUT2D eigenvalue weighted by Crippen LogP contribution is -2.76. The third kappa shape index (κ3) is 7.09. The number of hydrogen-bond acceptors (Lipinski definition) is 5. The SMILES string of the molecule is C#CCN1CC(=O)N2[C@@H](CCSC)C(=O)N(CCC(c3ccccc3)c3ccccc3)C[C@@H]2N1C(=O)NCc1ccccc1. The molecule has 44 heavy (non-hydrogen) atoms. The number of nitrogens with one attached hydrogen (secondary N) is 1. The van der Waals surface area contributed by atoms with Crippen LogP contribution in [0.25, 0.3) is 0 Å². The highest BCUT2D eigenvalue weighted by atomic mass is 32.2. The zero-order valence-electron chi connectivity index (χ0n) is 25.0. The van der Waals surface area contributed by atoms with Gasteiger partial charge < -0.3 is 15.1 Å². The Bertz CT molecular complexity index is 1410. The quantitative estimate of drug-likeness (QED) is 0.326. The largest absolute Gasteiger partial charge is 0.337 e. The molecule has 2 aliphatic heterocycles. The molecule has 0 saturated carbocycles. The lowest BCUT2D eigenvalue weighted by molar-refractivity contribution is -0.188. The summed E-state index contributed by atoms with van der Waals surface area (Å²) in [6.45, 7) is 1.05. The maximum Gasteiger partial charge on any atom is 0.334 e. The molecule has 0 aliphatic carbocycles. The standard InChI is InChI=1S/C35H39N5O3S/c1-3-21-38-26-33(41)39-31(20-23-44-2)34(42)37(25-32(39)40(38)35(43)36-24-27-13-7-4-8-14-27)22-19-30(28-15-9-5-10-16-28)29-17-11-6-12-18-29/h1,4-18,30-32H,19-26H2,2H3,(H,36,43)/t31-,32-/m0/s1. The number of benzene rings is 3. The summed E-state index contributed by atoms with van der Waals surface area (Å²) in [4.78, 5) is 45.0. The van der Waals surface area contributed by atoms with Crippen LogP contribution in [-0.2, 0) is 16.1 Å². The van der Waals surface area contributed by atoms with Crippen LogP contribution in [0, 0.1) is 12.3 Å². The monoisotopic (exact) mass is 609 g/mol. The Balaban J connectivity index is 1.43. The van der Waals surface area contributed by atoms with Crippen molar-refractivity contribution in [2.45, 2.75) is 37.5 Å². The van der Waals surface area contributed by atoms with Gasteiger partial charge in [0.2, 0.25) is 11.8 Å². The molecule has 1 N–H and O–H groups in total. The molecule has 3 aromatic carbocycles. The molecule has 228 valence electrons. The lowest BCUT2D eigenvalue weighted by atomic mass is 9.88. The minimum Gasteiger partial charge on any atom is -0.337 e. The summed E-state index contributed by atoms with van der Waals surface area (Å²) in [5.74, 6) is 3.14. The van der Waals surface area contributed by atoms with E-state index in [2.05, 4.69) is 35.5 Å². The van der Waals surface area contributed by atoms with E-state index in [1.54, 1.807) is 26.7 Å². The molecule has 0 spiro atoms. The fraction of sp³-hybridized carbons (Fsp3) is 0.343. The van der Waals surface area contributed by atoms with E-state index in [4.69, 9.17) is 6.42 Å². The minimum absolute atomic E-state index is 0.0629. The Morgan fingerprint density at radius 2 is 1.59 bits per heavy atom. The van der Waals surface area contributed by atoms with Crippen LogP contribution in [0.15, 0.2) is 91.0 Å². The molecule has 2 heterocycles. The van der Waals surface area contributed by atoms with Crippen LogP contribution < -0.4 is 5.32 Å². The molecule has 0 unspecified atom stereocenters. The maximum atomic E-state index is 14.1. The fourth-order valence-corrected chi connectivity index (χ4v) is 6.64. The van der Waals surface area contributed by atoms with Crippen molar-refractivity contribution in [1.29, 1.82) is 0 Å². The van der Waals surface area contributed by atoms with E-state index in [9.17, 15) is 14.4 Å². The van der Waals surface area contributed by atoms with Crippen LogP contribution in [0.2, 0.25) is 0 Å². The highest BCUT2D eigenvalue weighted by Crippen LogP contribution is 2.32. The Morgan fingerprint density at radius 3 is 2.18 bits per heavy atom. The highest BCUT2D eigenvalue weighted by molar-refractivity contribution is 7.98. The maximum absolute atomic E-state index is 14.1. The van der Waals surface area contributed by atoms with Crippen LogP contribution in [0.3, 0.4) is 0 Å². The molecule has 5 rings (SSSR count). The summed E-state index contributed by atoms with van der Waals surface area (Å²) in [5.41, 5.74) is 3.32. The van der Waals surface area contributed by atoms with Gasteiger partial charge in [-0.3, -0.25) is 9.59 Å². The Hall–Kier alpha value is -4.26. The van der Waals surface area contributed by atoms with E-state index in [1.165, 1.54) is 11.1 Å².